The van der Waals surface area contributed by atoms with E-state index in [4.69, 9.17) is 0 Å². The second kappa shape index (κ2) is 372. The molecule has 0 aromatic rings. The van der Waals surface area contributed by atoms with Crippen LogP contribution in [0.4, 0.5) is 0 Å². The second-order valence-electron chi connectivity index (χ2n) is 0. The van der Waals surface area contributed by atoms with E-state index in [1.54, 1.807) is 0 Å². The summed E-state index contributed by atoms with van der Waals surface area (Å²) < 4.78 is 0. The van der Waals surface area contributed by atoms with Crippen molar-refractivity contribution in [3.63, 3.8) is 0 Å². The van der Waals surface area contributed by atoms with Gasteiger partial charge < -0.3 is 38.3 Å². The minimum atomic E-state index is 0. The largest absolute Gasteiger partial charge is 0.412 e. The third kappa shape index (κ3) is 307. The van der Waals surface area contributed by atoms with Gasteiger partial charge in [-0.1, -0.05) is 0 Å². The molecule has 11 heteroatoms. The third-order valence-electron chi connectivity index (χ3n) is 0. The Labute approximate surface area is 116 Å². The molecule has 11 heavy (non-hydrogen) atoms. The van der Waals surface area contributed by atoms with Crippen LogP contribution in [0.25, 0.3) is 0 Å². The van der Waals surface area contributed by atoms with Gasteiger partial charge in [0.25, 0.3) is 0 Å². The number of hydrogen-bond acceptors (Lipinski definition) is 0. The summed E-state index contributed by atoms with van der Waals surface area (Å²) in [5.41, 5.74) is 0. The smallest absolute Gasteiger partial charge is 0 e. The standard InChI is InChI=1S/Ce.3ClH.7H2O/h;3*1H;7*1H2. The molecule has 84 valence electrons. The summed E-state index contributed by atoms with van der Waals surface area (Å²) in [5.74, 6) is 0. The monoisotopic (exact) mass is 374 g/mol. The van der Waals surface area contributed by atoms with Crippen molar-refractivity contribution in [1.82, 2.24) is 0 Å². The van der Waals surface area contributed by atoms with E-state index in [0.29, 0.717) is 0 Å². The summed E-state index contributed by atoms with van der Waals surface area (Å²) in [6, 6.07) is 0. The Bertz CT molecular complexity index is 13.6. The van der Waals surface area contributed by atoms with Crippen LogP contribution in [0.2, 0.25) is 0 Å². The van der Waals surface area contributed by atoms with Crippen molar-refractivity contribution in [3.8, 4) is 0 Å². The zero-order valence-corrected chi connectivity index (χ0v) is 10.8. The van der Waals surface area contributed by atoms with Crippen LogP contribution in [0, 0.1) is 41.7 Å². The zero-order valence-electron chi connectivity index (χ0n) is 5.22. The molecule has 0 amide bonds. The van der Waals surface area contributed by atoms with E-state index < -0.39 is 0 Å². The van der Waals surface area contributed by atoms with Gasteiger partial charge in [0.1, 0.15) is 0 Å². The summed E-state index contributed by atoms with van der Waals surface area (Å²) in [5, 5.41) is 0. The average molecular weight is 376 g/mol. The fourth-order valence-corrected chi connectivity index (χ4v) is 0. The van der Waals surface area contributed by atoms with Crippen molar-refractivity contribution < 1.29 is 80.1 Å². The number of hydrogen-bond donors (Lipinski definition) is 0. The first-order chi connectivity index (χ1) is 0. The van der Waals surface area contributed by atoms with Gasteiger partial charge in [0, 0.05) is 41.7 Å². The molecule has 0 bridgehead atoms. The van der Waals surface area contributed by atoms with Crippen molar-refractivity contribution in [2.24, 2.45) is 0 Å². The summed E-state index contributed by atoms with van der Waals surface area (Å²) in [7, 11) is 0. The summed E-state index contributed by atoms with van der Waals surface area (Å²) in [4.78, 5) is 0. The van der Waals surface area contributed by atoms with Crippen LogP contribution in [0.3, 0.4) is 0 Å². The Hall–Kier alpha value is 1.97. The van der Waals surface area contributed by atoms with Gasteiger partial charge in [0.05, 0.1) is 0 Å². The van der Waals surface area contributed by atoms with Gasteiger partial charge >= 0.3 is 0 Å². The maximum atomic E-state index is 0. The van der Waals surface area contributed by atoms with Crippen LogP contribution >= 0.6 is 37.2 Å². The van der Waals surface area contributed by atoms with Crippen molar-refractivity contribution >= 4 is 37.2 Å². The normalized spacial score (nSPS) is 0. The third-order valence-corrected chi connectivity index (χ3v) is 0. The van der Waals surface area contributed by atoms with Crippen LogP contribution in [-0.2, 0) is 0 Å². The van der Waals surface area contributed by atoms with Gasteiger partial charge in [-0.05, 0) is 0 Å². The zero-order chi connectivity index (χ0) is 0. The topological polar surface area (TPSA) is 220 Å². The van der Waals surface area contributed by atoms with E-state index in [1.165, 1.54) is 0 Å². The minimum absolute atomic E-state index is 0. The number of rotatable bonds is 0. The molecule has 0 aromatic heterocycles. The van der Waals surface area contributed by atoms with Crippen LogP contribution in [0.1, 0.15) is 0 Å². The Balaban J connectivity index is 0. The Morgan fingerprint density at radius 2 is 0.273 bits per heavy atom. The molecule has 0 aromatic carbocycles. The van der Waals surface area contributed by atoms with E-state index in [9.17, 15) is 0 Å². The first kappa shape index (κ1) is 480. The van der Waals surface area contributed by atoms with Gasteiger partial charge in [0.15, 0.2) is 0 Å². The van der Waals surface area contributed by atoms with Crippen molar-refractivity contribution in [2.75, 3.05) is 0 Å². The average Bonchev–Trinajstić information content (AvgIpc) is 0. The van der Waals surface area contributed by atoms with Crippen LogP contribution in [0.5, 0.6) is 0 Å². The summed E-state index contributed by atoms with van der Waals surface area (Å²) in [6.07, 6.45) is 0. The first-order valence-electron chi connectivity index (χ1n) is 0. The van der Waals surface area contributed by atoms with Crippen molar-refractivity contribution in [3.05, 3.63) is 0 Å². The Kier molecular flexibility index (Phi) is 16200. The maximum Gasteiger partial charge on any atom is 0 e. The predicted molar refractivity (Wildman–Crippen MR) is 47.0 cm³/mol. The molecule has 0 rings (SSSR count). The van der Waals surface area contributed by atoms with E-state index >= 15 is 0 Å². The van der Waals surface area contributed by atoms with Gasteiger partial charge in [0.2, 0.25) is 0 Å². The summed E-state index contributed by atoms with van der Waals surface area (Å²) in [6.45, 7) is 0. The fraction of sp³-hybridized carbons (Fsp3) is 0. The molecule has 0 fully saturated rings. The Morgan fingerprint density at radius 3 is 0.273 bits per heavy atom. The van der Waals surface area contributed by atoms with E-state index in [0.717, 1.165) is 0 Å². The Morgan fingerprint density at radius 1 is 0.273 bits per heavy atom. The van der Waals surface area contributed by atoms with Gasteiger partial charge in [-0.25, -0.2) is 0 Å². The first-order valence-corrected chi connectivity index (χ1v) is 0. The van der Waals surface area contributed by atoms with Gasteiger partial charge in [-0.2, -0.15) is 0 Å². The van der Waals surface area contributed by atoms with Crippen LogP contribution in [0.15, 0.2) is 0 Å². The quantitative estimate of drug-likeness (QED) is 0.390. The summed E-state index contributed by atoms with van der Waals surface area (Å²) >= 11 is 0. The number of halogens is 3. The molecule has 0 atom stereocenters. The molecule has 7 nitrogen and oxygen atoms in total. The van der Waals surface area contributed by atoms with Crippen LogP contribution < -0.4 is 0 Å². The van der Waals surface area contributed by atoms with Crippen molar-refractivity contribution in [1.29, 1.82) is 0 Å². The second-order valence-corrected chi connectivity index (χ2v) is 0. The van der Waals surface area contributed by atoms with Gasteiger partial charge in [-0.15, -0.1) is 37.2 Å². The molecule has 0 saturated carbocycles. The van der Waals surface area contributed by atoms with Crippen molar-refractivity contribution in [2.45, 2.75) is 0 Å². The van der Waals surface area contributed by atoms with E-state index in [2.05, 4.69) is 0 Å². The molecule has 0 spiro atoms. The maximum absolute atomic E-state index is 0. The molecule has 0 aliphatic heterocycles. The fourth-order valence-electron chi connectivity index (χ4n) is 0. The van der Waals surface area contributed by atoms with Crippen LogP contribution in [-0.4, -0.2) is 38.3 Å². The van der Waals surface area contributed by atoms with E-state index in [-0.39, 0.29) is 117 Å². The van der Waals surface area contributed by atoms with Gasteiger partial charge in [-0.3, -0.25) is 0 Å². The predicted octanol–water partition coefficient (Wildman–Crippen LogP) is -4.51. The SMILES string of the molecule is Cl.Cl.Cl.O.O.O.O.O.O.O.[Ce]. The molecule has 0 radical (unpaired) electrons. The molecule has 0 heterocycles. The molecule has 0 aliphatic rings. The molecular formula is H17CeCl3O7. The molecule has 0 saturated heterocycles. The molecule has 14 N–H and O–H groups in total. The molecule has 0 unspecified atom stereocenters. The van der Waals surface area contributed by atoms with E-state index in [1.807, 2.05) is 0 Å². The molecular weight excluding hydrogens is 358 g/mol. The molecule has 0 aliphatic carbocycles. The minimum Gasteiger partial charge on any atom is -0.412 e.